The standard InChI is InChI=1S/C12H16O3/c1-3-9-5-7-11(15-9)12(13)10-6-4-8(2)14-10/h5,7-8,10H,3-4,6H2,1-2H3. The van der Waals surface area contributed by atoms with Gasteiger partial charge >= 0.3 is 0 Å². The fraction of sp³-hybridized carbons (Fsp3) is 0.583. The molecule has 1 fully saturated rings. The lowest BCUT2D eigenvalue weighted by molar-refractivity contribution is 0.0410. The van der Waals surface area contributed by atoms with Gasteiger partial charge in [0.2, 0.25) is 5.78 Å². The van der Waals surface area contributed by atoms with Crippen molar-refractivity contribution in [2.75, 3.05) is 0 Å². The van der Waals surface area contributed by atoms with Gasteiger partial charge in [0.25, 0.3) is 0 Å². The minimum Gasteiger partial charge on any atom is -0.458 e. The summed E-state index contributed by atoms with van der Waals surface area (Å²) in [5, 5.41) is 0. The molecule has 1 aliphatic rings. The number of furan rings is 1. The Bertz CT molecular complexity index is 354. The number of hydrogen-bond donors (Lipinski definition) is 0. The third-order valence-corrected chi connectivity index (χ3v) is 2.78. The van der Waals surface area contributed by atoms with E-state index in [1.807, 2.05) is 19.9 Å². The van der Waals surface area contributed by atoms with E-state index in [4.69, 9.17) is 9.15 Å². The number of hydrogen-bond acceptors (Lipinski definition) is 3. The van der Waals surface area contributed by atoms with Crippen molar-refractivity contribution < 1.29 is 13.9 Å². The van der Waals surface area contributed by atoms with E-state index in [9.17, 15) is 4.79 Å². The van der Waals surface area contributed by atoms with Crippen LogP contribution >= 0.6 is 0 Å². The largest absolute Gasteiger partial charge is 0.458 e. The lowest BCUT2D eigenvalue weighted by atomic mass is 10.1. The summed E-state index contributed by atoms with van der Waals surface area (Å²) in [5.41, 5.74) is 0. The van der Waals surface area contributed by atoms with Crippen molar-refractivity contribution in [3.05, 3.63) is 23.7 Å². The molecule has 0 aliphatic carbocycles. The molecular formula is C12H16O3. The number of aryl methyl sites for hydroxylation is 1. The molecule has 2 heterocycles. The van der Waals surface area contributed by atoms with E-state index < -0.39 is 0 Å². The van der Waals surface area contributed by atoms with Gasteiger partial charge in [0, 0.05) is 6.42 Å². The molecule has 15 heavy (non-hydrogen) atoms. The Balaban J connectivity index is 2.07. The maximum absolute atomic E-state index is 11.9. The summed E-state index contributed by atoms with van der Waals surface area (Å²) in [7, 11) is 0. The Labute approximate surface area is 89.4 Å². The lowest BCUT2D eigenvalue weighted by Gasteiger charge is -2.07. The minimum atomic E-state index is -0.296. The Morgan fingerprint density at radius 2 is 2.27 bits per heavy atom. The highest BCUT2D eigenvalue weighted by Gasteiger charge is 2.30. The number of Topliss-reactive ketones (excluding diaryl/α,β-unsaturated/α-hetero) is 1. The van der Waals surface area contributed by atoms with Crippen LogP contribution in [0.25, 0.3) is 0 Å². The van der Waals surface area contributed by atoms with Gasteiger partial charge in [-0.3, -0.25) is 4.79 Å². The molecule has 3 heteroatoms. The summed E-state index contributed by atoms with van der Waals surface area (Å²) in [5.74, 6) is 1.27. The second-order valence-corrected chi connectivity index (χ2v) is 4.00. The molecule has 0 aromatic carbocycles. The fourth-order valence-corrected chi connectivity index (χ4v) is 1.85. The zero-order chi connectivity index (χ0) is 10.8. The predicted octanol–water partition coefficient (Wildman–Crippen LogP) is 2.59. The van der Waals surface area contributed by atoms with Gasteiger partial charge in [0.1, 0.15) is 11.9 Å². The third-order valence-electron chi connectivity index (χ3n) is 2.78. The molecule has 1 saturated heterocycles. The Morgan fingerprint density at radius 1 is 1.47 bits per heavy atom. The smallest absolute Gasteiger partial charge is 0.226 e. The fourth-order valence-electron chi connectivity index (χ4n) is 1.85. The highest BCUT2D eigenvalue weighted by molar-refractivity contribution is 5.97. The van der Waals surface area contributed by atoms with Crippen molar-refractivity contribution >= 4 is 5.78 Å². The zero-order valence-corrected chi connectivity index (χ0v) is 9.16. The van der Waals surface area contributed by atoms with Crippen LogP contribution in [0, 0.1) is 0 Å². The van der Waals surface area contributed by atoms with Gasteiger partial charge in [-0.25, -0.2) is 0 Å². The molecule has 1 aromatic heterocycles. The van der Waals surface area contributed by atoms with Gasteiger partial charge in [-0.05, 0) is 31.9 Å². The number of carbonyl (C=O) groups excluding carboxylic acids is 1. The predicted molar refractivity (Wildman–Crippen MR) is 56.0 cm³/mol. The van der Waals surface area contributed by atoms with Crippen molar-refractivity contribution in [2.45, 2.75) is 45.3 Å². The molecular weight excluding hydrogens is 192 g/mol. The molecule has 3 nitrogen and oxygen atoms in total. The molecule has 0 bridgehead atoms. The molecule has 0 amide bonds. The quantitative estimate of drug-likeness (QED) is 0.717. The van der Waals surface area contributed by atoms with E-state index in [-0.39, 0.29) is 18.0 Å². The van der Waals surface area contributed by atoms with E-state index in [1.54, 1.807) is 6.07 Å². The first-order chi connectivity index (χ1) is 7.20. The molecule has 2 atom stereocenters. The molecule has 2 rings (SSSR count). The van der Waals surface area contributed by atoms with Crippen molar-refractivity contribution in [2.24, 2.45) is 0 Å². The average Bonchev–Trinajstić information content (AvgIpc) is 2.84. The molecule has 82 valence electrons. The van der Waals surface area contributed by atoms with Crippen LogP contribution in [0.15, 0.2) is 16.5 Å². The lowest BCUT2D eigenvalue weighted by Crippen LogP contribution is -2.20. The Morgan fingerprint density at radius 3 is 2.80 bits per heavy atom. The van der Waals surface area contributed by atoms with E-state index in [0.29, 0.717) is 5.76 Å². The van der Waals surface area contributed by atoms with E-state index in [2.05, 4.69) is 0 Å². The number of ether oxygens (including phenoxy) is 1. The highest BCUT2D eigenvalue weighted by atomic mass is 16.5. The molecule has 0 radical (unpaired) electrons. The zero-order valence-electron chi connectivity index (χ0n) is 9.16. The van der Waals surface area contributed by atoms with Gasteiger partial charge in [0.15, 0.2) is 5.76 Å². The van der Waals surface area contributed by atoms with Crippen molar-refractivity contribution in [3.63, 3.8) is 0 Å². The Kier molecular flexibility index (Phi) is 2.91. The second kappa shape index (κ2) is 4.19. The normalized spacial score (nSPS) is 25.7. The summed E-state index contributed by atoms with van der Waals surface area (Å²) in [4.78, 5) is 11.9. The van der Waals surface area contributed by atoms with Crippen LogP contribution in [-0.4, -0.2) is 18.0 Å². The molecule has 0 N–H and O–H groups in total. The van der Waals surface area contributed by atoms with Crippen LogP contribution < -0.4 is 0 Å². The van der Waals surface area contributed by atoms with Crippen molar-refractivity contribution in [3.8, 4) is 0 Å². The van der Waals surface area contributed by atoms with Crippen LogP contribution in [-0.2, 0) is 11.2 Å². The summed E-state index contributed by atoms with van der Waals surface area (Å²) >= 11 is 0. The monoisotopic (exact) mass is 208 g/mol. The van der Waals surface area contributed by atoms with E-state index in [1.165, 1.54) is 0 Å². The molecule has 2 unspecified atom stereocenters. The van der Waals surface area contributed by atoms with Crippen LogP contribution in [0.4, 0.5) is 0 Å². The minimum absolute atomic E-state index is 0.0148. The summed E-state index contributed by atoms with van der Waals surface area (Å²) < 4.78 is 10.9. The number of ketones is 1. The highest BCUT2D eigenvalue weighted by Crippen LogP contribution is 2.23. The molecule has 1 aliphatic heterocycles. The molecule has 0 spiro atoms. The maximum atomic E-state index is 11.9. The van der Waals surface area contributed by atoms with Gasteiger partial charge in [-0.2, -0.15) is 0 Å². The van der Waals surface area contributed by atoms with Crippen molar-refractivity contribution in [1.82, 2.24) is 0 Å². The van der Waals surface area contributed by atoms with Crippen LogP contribution in [0.5, 0.6) is 0 Å². The van der Waals surface area contributed by atoms with Gasteiger partial charge in [-0.1, -0.05) is 6.92 Å². The molecule has 1 aromatic rings. The van der Waals surface area contributed by atoms with Gasteiger partial charge < -0.3 is 9.15 Å². The van der Waals surface area contributed by atoms with Crippen LogP contribution in [0.2, 0.25) is 0 Å². The summed E-state index contributed by atoms with van der Waals surface area (Å²) in [6, 6.07) is 3.60. The third kappa shape index (κ3) is 2.12. The van der Waals surface area contributed by atoms with E-state index in [0.717, 1.165) is 25.0 Å². The second-order valence-electron chi connectivity index (χ2n) is 4.00. The first-order valence-electron chi connectivity index (χ1n) is 5.49. The van der Waals surface area contributed by atoms with E-state index >= 15 is 0 Å². The topological polar surface area (TPSA) is 39.4 Å². The first kappa shape index (κ1) is 10.4. The van der Waals surface area contributed by atoms with Crippen LogP contribution in [0.1, 0.15) is 43.0 Å². The Hall–Kier alpha value is -1.09. The maximum Gasteiger partial charge on any atom is 0.226 e. The van der Waals surface area contributed by atoms with Gasteiger partial charge in [0.05, 0.1) is 6.10 Å². The van der Waals surface area contributed by atoms with Gasteiger partial charge in [-0.15, -0.1) is 0 Å². The molecule has 0 saturated carbocycles. The average molecular weight is 208 g/mol. The first-order valence-corrected chi connectivity index (χ1v) is 5.49. The summed E-state index contributed by atoms with van der Waals surface area (Å²) in [6.07, 6.45) is 2.48. The van der Waals surface area contributed by atoms with Crippen LogP contribution in [0.3, 0.4) is 0 Å². The number of rotatable bonds is 3. The summed E-state index contributed by atoms with van der Waals surface area (Å²) in [6.45, 7) is 3.99. The SMILES string of the molecule is CCc1ccc(C(=O)C2CCC(C)O2)o1. The van der Waals surface area contributed by atoms with Crippen molar-refractivity contribution in [1.29, 1.82) is 0 Å². The number of carbonyl (C=O) groups is 1.